The number of benzene rings is 2. The normalized spacial score (nSPS) is 12.6. The molecule has 0 aliphatic heterocycles. The first-order valence-corrected chi connectivity index (χ1v) is 11.0. The second kappa shape index (κ2) is 10.4. The summed E-state index contributed by atoms with van der Waals surface area (Å²) in [7, 11) is 0. The highest BCUT2D eigenvalue weighted by Gasteiger charge is 2.18. The van der Waals surface area contributed by atoms with E-state index in [1.807, 2.05) is 37.3 Å². The number of hydrogen-bond donors (Lipinski definition) is 1. The van der Waals surface area contributed by atoms with Gasteiger partial charge < -0.3 is 5.32 Å². The lowest BCUT2D eigenvalue weighted by molar-refractivity contribution is 0.575. The van der Waals surface area contributed by atoms with Crippen molar-refractivity contribution in [3.8, 4) is 22.3 Å². The molecule has 0 spiro atoms. The smallest absolute Gasteiger partial charge is 0.128 e. The van der Waals surface area contributed by atoms with E-state index in [9.17, 15) is 4.39 Å². The lowest BCUT2D eigenvalue weighted by atomic mass is 9.98. The molecule has 170 valence electrons. The van der Waals surface area contributed by atoms with E-state index >= 15 is 0 Å². The van der Waals surface area contributed by atoms with E-state index in [4.69, 9.17) is 11.6 Å². The van der Waals surface area contributed by atoms with E-state index in [1.165, 1.54) is 12.4 Å². The average Bonchev–Trinajstić information content (AvgIpc) is 2.88. The monoisotopic (exact) mass is 471 g/mol. The summed E-state index contributed by atoms with van der Waals surface area (Å²) in [5, 5.41) is 3.92. The number of nitrogens with one attached hydrogen (secondary N) is 1. The van der Waals surface area contributed by atoms with E-state index in [0.29, 0.717) is 22.0 Å². The SMILES string of the molecule is C=Nc1ccc(-c2ccncc2)cc1/C(N[C@H](C)c1cc(-c2cncnc2)ccc1F)=C(\C)Cl. The zero-order chi connectivity index (χ0) is 24.1. The molecule has 0 saturated carbocycles. The minimum atomic E-state index is -0.393. The summed E-state index contributed by atoms with van der Waals surface area (Å²) < 4.78 is 14.9. The quantitative estimate of drug-likeness (QED) is 0.296. The van der Waals surface area contributed by atoms with Gasteiger partial charge in [0.2, 0.25) is 0 Å². The van der Waals surface area contributed by atoms with E-state index < -0.39 is 6.04 Å². The molecule has 1 atom stereocenters. The Balaban J connectivity index is 1.72. The molecule has 0 saturated heterocycles. The summed E-state index contributed by atoms with van der Waals surface area (Å²) in [5.41, 5.74) is 6.22. The van der Waals surface area contributed by atoms with Gasteiger partial charge >= 0.3 is 0 Å². The van der Waals surface area contributed by atoms with Crippen molar-refractivity contribution in [2.75, 3.05) is 0 Å². The van der Waals surface area contributed by atoms with Gasteiger partial charge in [0.05, 0.1) is 17.4 Å². The summed E-state index contributed by atoms with van der Waals surface area (Å²) in [6, 6.07) is 14.3. The number of hydrogen-bond acceptors (Lipinski definition) is 5. The summed E-state index contributed by atoms with van der Waals surface area (Å²) >= 11 is 6.54. The highest BCUT2D eigenvalue weighted by molar-refractivity contribution is 6.32. The van der Waals surface area contributed by atoms with Crippen LogP contribution in [0.5, 0.6) is 0 Å². The van der Waals surface area contributed by atoms with Crippen molar-refractivity contribution in [3.05, 3.63) is 102 Å². The van der Waals surface area contributed by atoms with Crippen LogP contribution in [0.15, 0.2) is 89.7 Å². The van der Waals surface area contributed by atoms with Crippen molar-refractivity contribution in [2.24, 2.45) is 4.99 Å². The van der Waals surface area contributed by atoms with Crippen LogP contribution in [0.25, 0.3) is 28.0 Å². The molecule has 0 amide bonds. The van der Waals surface area contributed by atoms with Crippen molar-refractivity contribution < 1.29 is 4.39 Å². The molecule has 0 aliphatic carbocycles. The van der Waals surface area contributed by atoms with Crippen LogP contribution in [0.2, 0.25) is 0 Å². The summed E-state index contributed by atoms with van der Waals surface area (Å²) in [6.45, 7) is 7.38. The Morgan fingerprint density at radius 3 is 2.29 bits per heavy atom. The predicted molar refractivity (Wildman–Crippen MR) is 136 cm³/mol. The Morgan fingerprint density at radius 2 is 1.62 bits per heavy atom. The van der Waals surface area contributed by atoms with Gasteiger partial charge in [-0.3, -0.25) is 9.98 Å². The van der Waals surface area contributed by atoms with Gasteiger partial charge in [0.1, 0.15) is 12.1 Å². The van der Waals surface area contributed by atoms with Crippen LogP contribution in [0.1, 0.15) is 31.0 Å². The number of rotatable bonds is 7. The molecule has 1 N–H and O–H groups in total. The van der Waals surface area contributed by atoms with Crippen LogP contribution in [0.4, 0.5) is 10.1 Å². The molecule has 2 aromatic heterocycles. The van der Waals surface area contributed by atoms with Crippen molar-refractivity contribution in [1.29, 1.82) is 0 Å². The minimum Gasteiger partial charge on any atom is -0.377 e. The fourth-order valence-corrected chi connectivity index (χ4v) is 3.91. The molecule has 0 unspecified atom stereocenters. The maximum atomic E-state index is 14.9. The van der Waals surface area contributed by atoms with Crippen LogP contribution < -0.4 is 5.32 Å². The standard InChI is InChI=1S/C27H23ClFN5/c1-17(28)27(24-13-20(5-7-26(24)30-3)19-8-10-31-11-9-19)34-18(2)23-12-21(4-6-25(23)29)22-14-32-16-33-15-22/h4-16,18,34H,3H2,1-2H3/b27-17-/t18-/m1/s1. The molecule has 4 aromatic rings. The van der Waals surface area contributed by atoms with Gasteiger partial charge in [-0.05, 0) is 73.7 Å². The van der Waals surface area contributed by atoms with E-state index in [1.54, 1.807) is 43.8 Å². The first-order valence-electron chi connectivity index (χ1n) is 10.7. The van der Waals surface area contributed by atoms with Crippen LogP contribution >= 0.6 is 11.6 Å². The molecule has 2 aromatic carbocycles. The fourth-order valence-electron chi connectivity index (χ4n) is 3.76. The highest BCUT2D eigenvalue weighted by Crippen LogP contribution is 2.34. The Bertz CT molecular complexity index is 1340. The molecular weight excluding hydrogens is 449 g/mol. The lowest BCUT2D eigenvalue weighted by Gasteiger charge is -2.22. The fraction of sp³-hybridized carbons (Fsp3) is 0.111. The van der Waals surface area contributed by atoms with Crippen molar-refractivity contribution in [2.45, 2.75) is 19.9 Å². The summed E-state index contributed by atoms with van der Waals surface area (Å²) in [4.78, 5) is 16.4. The van der Waals surface area contributed by atoms with Gasteiger partial charge in [-0.25, -0.2) is 14.4 Å². The number of aliphatic imine (C=N–C) groups is 1. The third kappa shape index (κ3) is 5.02. The highest BCUT2D eigenvalue weighted by atomic mass is 35.5. The van der Waals surface area contributed by atoms with Crippen molar-refractivity contribution in [1.82, 2.24) is 20.3 Å². The van der Waals surface area contributed by atoms with Gasteiger partial charge in [0, 0.05) is 46.5 Å². The number of allylic oxidation sites excluding steroid dienone is 1. The number of pyridine rings is 1. The maximum Gasteiger partial charge on any atom is 0.128 e. The Kier molecular flexibility index (Phi) is 7.09. The first kappa shape index (κ1) is 23.3. The molecular formula is C27H23ClFN5. The van der Waals surface area contributed by atoms with Crippen LogP contribution in [-0.4, -0.2) is 21.7 Å². The second-order valence-corrected chi connectivity index (χ2v) is 8.33. The lowest BCUT2D eigenvalue weighted by Crippen LogP contribution is -2.19. The minimum absolute atomic E-state index is 0.320. The van der Waals surface area contributed by atoms with Crippen molar-refractivity contribution in [3.63, 3.8) is 0 Å². The van der Waals surface area contributed by atoms with E-state index in [-0.39, 0.29) is 5.82 Å². The third-order valence-corrected chi connectivity index (χ3v) is 5.70. The predicted octanol–water partition coefficient (Wildman–Crippen LogP) is 6.95. The molecule has 7 heteroatoms. The van der Waals surface area contributed by atoms with Gasteiger partial charge in [-0.15, -0.1) is 0 Å². The van der Waals surface area contributed by atoms with E-state index in [0.717, 1.165) is 27.8 Å². The largest absolute Gasteiger partial charge is 0.377 e. The van der Waals surface area contributed by atoms with Crippen LogP contribution in [-0.2, 0) is 0 Å². The molecule has 34 heavy (non-hydrogen) atoms. The molecule has 5 nitrogen and oxygen atoms in total. The first-order chi connectivity index (χ1) is 16.5. The Hall–Kier alpha value is -3.90. The van der Waals surface area contributed by atoms with Gasteiger partial charge in [-0.2, -0.15) is 0 Å². The zero-order valence-electron chi connectivity index (χ0n) is 18.8. The van der Waals surface area contributed by atoms with Crippen LogP contribution in [0, 0.1) is 5.82 Å². The number of aromatic nitrogens is 3. The molecule has 0 bridgehead atoms. The van der Waals surface area contributed by atoms with Gasteiger partial charge in [0.25, 0.3) is 0 Å². The maximum absolute atomic E-state index is 14.9. The zero-order valence-corrected chi connectivity index (χ0v) is 19.6. The van der Waals surface area contributed by atoms with Gasteiger partial charge in [-0.1, -0.05) is 23.7 Å². The molecule has 0 aliphatic rings. The van der Waals surface area contributed by atoms with E-state index in [2.05, 4.69) is 32.0 Å². The van der Waals surface area contributed by atoms with Crippen molar-refractivity contribution >= 4 is 29.7 Å². The number of nitrogens with zero attached hydrogens (tertiary/aromatic N) is 4. The third-order valence-electron chi connectivity index (χ3n) is 5.51. The molecule has 2 heterocycles. The second-order valence-electron chi connectivity index (χ2n) is 7.76. The topological polar surface area (TPSA) is 63.1 Å². The Morgan fingerprint density at radius 1 is 0.941 bits per heavy atom. The summed E-state index contributed by atoms with van der Waals surface area (Å²) in [5.74, 6) is -0.320. The summed E-state index contributed by atoms with van der Waals surface area (Å²) in [6.07, 6.45) is 8.34. The van der Waals surface area contributed by atoms with Crippen LogP contribution in [0.3, 0.4) is 0 Å². The average molecular weight is 472 g/mol. The molecule has 0 fully saturated rings. The van der Waals surface area contributed by atoms with Gasteiger partial charge in [0.15, 0.2) is 0 Å². The molecule has 4 rings (SSSR count). The number of halogens is 2. The Labute approximate surface area is 203 Å². The molecule has 0 radical (unpaired) electrons.